The van der Waals surface area contributed by atoms with Crippen LogP contribution in [-0.2, 0) is 9.47 Å². The number of aromatic nitrogens is 1. The van der Waals surface area contributed by atoms with Crippen LogP contribution >= 0.6 is 0 Å². The first kappa shape index (κ1) is 21.9. The summed E-state index contributed by atoms with van der Waals surface area (Å²) in [4.78, 5) is 13.4. The van der Waals surface area contributed by atoms with Crippen molar-refractivity contribution in [2.24, 2.45) is 9.98 Å². The molecule has 0 saturated heterocycles. The van der Waals surface area contributed by atoms with Gasteiger partial charge in [-0.25, -0.2) is 9.98 Å². The molecule has 2 atom stereocenters. The van der Waals surface area contributed by atoms with E-state index < -0.39 is 0 Å². The maximum atomic E-state index is 6.06. The Kier molecular flexibility index (Phi) is 5.10. The van der Waals surface area contributed by atoms with Gasteiger partial charge in [0, 0.05) is 10.8 Å². The molecule has 3 heterocycles. The van der Waals surface area contributed by atoms with Crippen molar-refractivity contribution in [3.8, 4) is 22.3 Å². The lowest BCUT2D eigenvalue weighted by Crippen LogP contribution is -2.04. The number of fused-ring (bicyclic) bond motifs is 3. The highest BCUT2D eigenvalue weighted by atomic mass is 16.5. The van der Waals surface area contributed by atoms with Gasteiger partial charge in [-0.05, 0) is 60.4 Å². The van der Waals surface area contributed by atoms with Crippen molar-refractivity contribution < 1.29 is 9.47 Å². The number of hydrogen-bond acceptors (Lipinski definition) is 4. The number of H-pyrrole nitrogens is 1. The number of benzene rings is 4. The fourth-order valence-corrected chi connectivity index (χ4v) is 5.28. The fourth-order valence-electron chi connectivity index (χ4n) is 5.28. The highest BCUT2D eigenvalue weighted by molar-refractivity contribution is 6.21. The molecule has 1 N–H and O–H groups in total. The van der Waals surface area contributed by atoms with Gasteiger partial charge in [-0.1, -0.05) is 60.7 Å². The van der Waals surface area contributed by atoms with Crippen molar-refractivity contribution in [1.29, 1.82) is 0 Å². The van der Waals surface area contributed by atoms with E-state index in [0.717, 1.165) is 55.2 Å². The van der Waals surface area contributed by atoms with Crippen LogP contribution in [0.3, 0.4) is 0 Å². The second kappa shape index (κ2) is 8.63. The summed E-state index contributed by atoms with van der Waals surface area (Å²) >= 11 is 0. The molecule has 0 fully saturated rings. The number of aromatic amines is 1. The molecule has 0 amide bonds. The van der Waals surface area contributed by atoms with E-state index in [-0.39, 0.29) is 12.1 Å². The Balaban J connectivity index is 1.57. The zero-order valence-corrected chi connectivity index (χ0v) is 20.9. The largest absolute Gasteiger partial charge is 0.475 e. The summed E-state index contributed by atoms with van der Waals surface area (Å²) in [5, 5.41) is 2.26. The van der Waals surface area contributed by atoms with Crippen LogP contribution in [0.4, 0.5) is 0 Å². The molecule has 2 unspecified atom stereocenters. The van der Waals surface area contributed by atoms with Gasteiger partial charge < -0.3 is 14.5 Å². The average molecular weight is 486 g/mol. The highest BCUT2D eigenvalue weighted by Crippen LogP contribution is 2.38. The van der Waals surface area contributed by atoms with E-state index in [1.54, 1.807) is 0 Å². The van der Waals surface area contributed by atoms with E-state index in [0.29, 0.717) is 25.0 Å². The molecule has 5 nitrogen and oxygen atoms in total. The summed E-state index contributed by atoms with van der Waals surface area (Å²) in [5.74, 6) is 1.38. The predicted molar refractivity (Wildman–Crippen MR) is 151 cm³/mol. The normalized spacial score (nSPS) is 19.1. The summed E-state index contributed by atoms with van der Waals surface area (Å²) in [7, 11) is 0. The lowest BCUT2D eigenvalue weighted by molar-refractivity contribution is 0.324. The molecule has 0 bridgehead atoms. The van der Waals surface area contributed by atoms with Crippen molar-refractivity contribution in [2.75, 3.05) is 13.2 Å². The molecular weight excluding hydrogens is 458 g/mol. The third-order valence-corrected chi connectivity index (χ3v) is 7.09. The molecule has 0 aliphatic carbocycles. The third-order valence-electron chi connectivity index (χ3n) is 7.09. The highest BCUT2D eigenvalue weighted by Gasteiger charge is 2.25. The zero-order valence-electron chi connectivity index (χ0n) is 20.9. The van der Waals surface area contributed by atoms with Crippen LogP contribution in [0.15, 0.2) is 94.9 Å². The second-order valence-corrected chi connectivity index (χ2v) is 9.94. The molecule has 0 spiro atoms. The Bertz CT molecular complexity index is 1580. The number of rotatable bonds is 4. The molecule has 5 aromatic rings. The molecule has 0 saturated carbocycles. The Morgan fingerprint density at radius 2 is 1.03 bits per heavy atom. The number of nitrogens with zero attached hydrogens (tertiary/aromatic N) is 2. The molecule has 7 rings (SSSR count). The van der Waals surface area contributed by atoms with Crippen LogP contribution in [0.2, 0.25) is 0 Å². The first-order valence-corrected chi connectivity index (χ1v) is 12.8. The van der Waals surface area contributed by atoms with Gasteiger partial charge in [0.15, 0.2) is 0 Å². The number of hydrogen-bond donors (Lipinski definition) is 1. The molecule has 0 radical (unpaired) electrons. The van der Waals surface area contributed by atoms with Gasteiger partial charge in [0.25, 0.3) is 0 Å². The number of nitrogens with one attached hydrogen (secondary N) is 1. The van der Waals surface area contributed by atoms with Crippen LogP contribution in [0, 0.1) is 0 Å². The zero-order chi connectivity index (χ0) is 24.9. The molecule has 2 aliphatic heterocycles. The maximum Gasteiger partial charge on any atom is 0.218 e. The summed E-state index contributed by atoms with van der Waals surface area (Å²) in [6, 6.07) is 30.1. The van der Waals surface area contributed by atoms with E-state index in [1.165, 1.54) is 0 Å². The minimum absolute atomic E-state index is 0.137. The molecule has 2 aliphatic rings. The average Bonchev–Trinajstić information content (AvgIpc) is 3.67. The van der Waals surface area contributed by atoms with Gasteiger partial charge in [-0.2, -0.15) is 0 Å². The second-order valence-electron chi connectivity index (χ2n) is 9.94. The van der Waals surface area contributed by atoms with Crippen LogP contribution < -0.4 is 0 Å². The van der Waals surface area contributed by atoms with Crippen LogP contribution in [-0.4, -0.2) is 42.1 Å². The Hall–Kier alpha value is -4.38. The summed E-state index contributed by atoms with van der Waals surface area (Å²) in [5.41, 5.74) is 8.56. The van der Waals surface area contributed by atoms with E-state index in [1.807, 2.05) is 12.1 Å². The molecule has 4 aromatic carbocycles. The van der Waals surface area contributed by atoms with Crippen molar-refractivity contribution in [3.63, 3.8) is 0 Å². The summed E-state index contributed by atoms with van der Waals surface area (Å²) < 4.78 is 12.1. The van der Waals surface area contributed by atoms with Crippen molar-refractivity contribution in [3.05, 3.63) is 96.1 Å². The molecule has 5 heteroatoms. The monoisotopic (exact) mass is 485 g/mol. The minimum atomic E-state index is 0.137. The third kappa shape index (κ3) is 3.78. The van der Waals surface area contributed by atoms with E-state index in [4.69, 9.17) is 19.5 Å². The SMILES string of the molecule is CC1COC(c2cc(-c3ccccc3)cc3c2[nH]c2c(C4=NC(C)CO4)cc(-c4ccccc4)cc23)=N1. The molecule has 1 aromatic heterocycles. The van der Waals surface area contributed by atoms with E-state index in [9.17, 15) is 0 Å². The van der Waals surface area contributed by atoms with Crippen molar-refractivity contribution >= 4 is 33.6 Å². The van der Waals surface area contributed by atoms with Crippen molar-refractivity contribution in [1.82, 2.24) is 4.98 Å². The quantitative estimate of drug-likeness (QED) is 0.298. The molecular formula is C32H27N3O2. The van der Waals surface area contributed by atoms with Crippen molar-refractivity contribution in [2.45, 2.75) is 25.9 Å². The van der Waals surface area contributed by atoms with Crippen LogP contribution in [0.5, 0.6) is 0 Å². The van der Waals surface area contributed by atoms with Gasteiger partial charge in [-0.15, -0.1) is 0 Å². The maximum absolute atomic E-state index is 6.06. The lowest BCUT2D eigenvalue weighted by Gasteiger charge is -2.09. The Morgan fingerprint density at radius 1 is 0.595 bits per heavy atom. The van der Waals surface area contributed by atoms with Gasteiger partial charge in [0.05, 0.1) is 34.2 Å². The van der Waals surface area contributed by atoms with E-state index >= 15 is 0 Å². The van der Waals surface area contributed by atoms with Gasteiger partial charge >= 0.3 is 0 Å². The topological polar surface area (TPSA) is 59.0 Å². The summed E-state index contributed by atoms with van der Waals surface area (Å²) in [6.45, 7) is 5.35. The molecule has 37 heavy (non-hydrogen) atoms. The first-order valence-electron chi connectivity index (χ1n) is 12.8. The fraction of sp³-hybridized carbons (Fsp3) is 0.188. The van der Waals surface area contributed by atoms with E-state index in [2.05, 4.69) is 91.6 Å². The standard InChI is InChI=1S/C32H27N3O2/c1-19-17-36-31(33-19)27-15-23(21-9-5-3-6-10-21)13-25-26-14-24(22-11-7-4-8-12-22)16-28(30(26)35-29(25)27)32-34-20(2)18-37-32/h3-16,19-20,35H,17-18H2,1-2H3. The Labute approximate surface area is 215 Å². The first-order chi connectivity index (χ1) is 18.1. The Morgan fingerprint density at radius 3 is 1.41 bits per heavy atom. The number of aliphatic imine (C=N–C) groups is 2. The van der Waals surface area contributed by atoms with Gasteiger partial charge in [0.1, 0.15) is 13.2 Å². The lowest BCUT2D eigenvalue weighted by atomic mass is 9.96. The van der Waals surface area contributed by atoms with Crippen LogP contribution in [0.25, 0.3) is 44.1 Å². The van der Waals surface area contributed by atoms with Gasteiger partial charge in [0.2, 0.25) is 11.8 Å². The van der Waals surface area contributed by atoms with Gasteiger partial charge in [-0.3, -0.25) is 0 Å². The number of ether oxygens (including phenoxy) is 2. The minimum Gasteiger partial charge on any atom is -0.475 e. The smallest absolute Gasteiger partial charge is 0.218 e. The predicted octanol–water partition coefficient (Wildman–Crippen LogP) is 6.99. The molecule has 182 valence electrons. The summed E-state index contributed by atoms with van der Waals surface area (Å²) in [6.07, 6.45) is 0. The van der Waals surface area contributed by atoms with Crippen LogP contribution in [0.1, 0.15) is 25.0 Å².